The van der Waals surface area contributed by atoms with Gasteiger partial charge in [-0.25, -0.2) is 0 Å². The second-order valence-electron chi connectivity index (χ2n) is 7.48. The minimum atomic E-state index is -0.282. The van der Waals surface area contributed by atoms with Gasteiger partial charge in [-0.1, -0.05) is 24.4 Å². The zero-order valence-electron chi connectivity index (χ0n) is 15.3. The second-order valence-corrected chi connectivity index (χ2v) is 7.48. The van der Waals surface area contributed by atoms with Gasteiger partial charge in [0.1, 0.15) is 11.5 Å². The summed E-state index contributed by atoms with van der Waals surface area (Å²) in [6, 6.07) is 3.61. The number of amides is 2. The van der Waals surface area contributed by atoms with E-state index in [4.69, 9.17) is 8.94 Å². The van der Waals surface area contributed by atoms with Crippen molar-refractivity contribution >= 4 is 11.8 Å². The van der Waals surface area contributed by atoms with E-state index < -0.39 is 0 Å². The van der Waals surface area contributed by atoms with E-state index in [0.717, 1.165) is 43.4 Å². The van der Waals surface area contributed by atoms with Crippen LogP contribution in [-0.4, -0.2) is 23.0 Å². The maximum atomic E-state index is 12.5. The van der Waals surface area contributed by atoms with Crippen LogP contribution in [0.15, 0.2) is 27.3 Å². The number of aryl methyl sites for hydroxylation is 1. The van der Waals surface area contributed by atoms with E-state index in [9.17, 15) is 9.59 Å². The first-order valence-electron chi connectivity index (χ1n) is 9.79. The molecule has 7 nitrogen and oxygen atoms in total. The van der Waals surface area contributed by atoms with Crippen molar-refractivity contribution in [3.63, 3.8) is 0 Å². The predicted molar refractivity (Wildman–Crippen MR) is 96.9 cm³/mol. The molecule has 2 aliphatic carbocycles. The summed E-state index contributed by atoms with van der Waals surface area (Å²) in [6.45, 7) is 0.301. The molecule has 27 heavy (non-hydrogen) atoms. The summed E-state index contributed by atoms with van der Waals surface area (Å²) in [7, 11) is 0. The quantitative estimate of drug-likeness (QED) is 0.842. The van der Waals surface area contributed by atoms with Crippen molar-refractivity contribution in [2.24, 2.45) is 5.92 Å². The number of carbonyl (C=O) groups is 2. The molecule has 0 spiro atoms. The smallest absolute Gasteiger partial charge is 0.274 e. The number of hydrogen-bond acceptors (Lipinski definition) is 5. The monoisotopic (exact) mass is 371 g/mol. The molecule has 0 aliphatic heterocycles. The summed E-state index contributed by atoms with van der Waals surface area (Å²) in [5, 5.41) is 9.96. The first-order valence-corrected chi connectivity index (χ1v) is 9.79. The fourth-order valence-electron chi connectivity index (χ4n) is 4.05. The van der Waals surface area contributed by atoms with Gasteiger partial charge >= 0.3 is 0 Å². The molecule has 0 bridgehead atoms. The predicted octanol–water partition coefficient (Wildman–Crippen LogP) is 2.75. The lowest BCUT2D eigenvalue weighted by Crippen LogP contribution is -2.42. The van der Waals surface area contributed by atoms with E-state index in [2.05, 4.69) is 15.8 Å². The van der Waals surface area contributed by atoms with Gasteiger partial charge in [0, 0.05) is 23.9 Å². The van der Waals surface area contributed by atoms with Gasteiger partial charge in [-0.15, -0.1) is 0 Å². The third-order valence-corrected chi connectivity index (χ3v) is 5.58. The molecular formula is C20H25N3O4. The molecule has 1 saturated carbocycles. The van der Waals surface area contributed by atoms with Crippen molar-refractivity contribution in [1.82, 2.24) is 15.8 Å². The molecule has 144 valence electrons. The van der Waals surface area contributed by atoms with Crippen LogP contribution >= 0.6 is 0 Å². The Morgan fingerprint density at radius 1 is 1.19 bits per heavy atom. The van der Waals surface area contributed by atoms with E-state index >= 15 is 0 Å². The van der Waals surface area contributed by atoms with Crippen molar-refractivity contribution in [2.45, 2.75) is 64.0 Å². The van der Waals surface area contributed by atoms with Crippen LogP contribution in [0.25, 0.3) is 0 Å². The Labute approximate surface area is 157 Å². The Kier molecular flexibility index (Phi) is 5.27. The normalized spacial score (nSPS) is 20.1. The molecule has 2 N–H and O–H groups in total. The van der Waals surface area contributed by atoms with Crippen molar-refractivity contribution in [1.29, 1.82) is 0 Å². The van der Waals surface area contributed by atoms with E-state index in [1.807, 2.05) is 0 Å². The van der Waals surface area contributed by atoms with Crippen molar-refractivity contribution in [2.75, 3.05) is 0 Å². The van der Waals surface area contributed by atoms with Crippen LogP contribution in [0.2, 0.25) is 0 Å². The number of furan rings is 1. The molecule has 4 rings (SSSR count). The van der Waals surface area contributed by atoms with Crippen LogP contribution in [0.3, 0.4) is 0 Å². The maximum Gasteiger partial charge on any atom is 0.274 e. The number of hydrogen-bond donors (Lipinski definition) is 2. The summed E-state index contributed by atoms with van der Waals surface area (Å²) >= 11 is 0. The highest BCUT2D eigenvalue weighted by atomic mass is 16.5. The van der Waals surface area contributed by atoms with Gasteiger partial charge in [-0.05, 0) is 37.8 Å². The lowest BCUT2D eigenvalue weighted by molar-refractivity contribution is -0.126. The van der Waals surface area contributed by atoms with Crippen LogP contribution in [0.5, 0.6) is 0 Å². The van der Waals surface area contributed by atoms with Gasteiger partial charge < -0.3 is 19.6 Å². The van der Waals surface area contributed by atoms with Gasteiger partial charge in [-0.2, -0.15) is 0 Å². The average Bonchev–Trinajstić information content (AvgIpc) is 3.36. The van der Waals surface area contributed by atoms with Gasteiger partial charge in [-0.3, -0.25) is 9.59 Å². The minimum Gasteiger partial charge on any atom is -0.467 e. The van der Waals surface area contributed by atoms with Crippen LogP contribution in [0.1, 0.15) is 66.1 Å². The van der Waals surface area contributed by atoms with Gasteiger partial charge in [0.2, 0.25) is 5.91 Å². The Morgan fingerprint density at radius 2 is 2.04 bits per heavy atom. The van der Waals surface area contributed by atoms with E-state index in [1.54, 1.807) is 18.4 Å². The third kappa shape index (κ3) is 4.07. The molecule has 0 radical (unpaired) electrons. The summed E-state index contributed by atoms with van der Waals surface area (Å²) in [6.07, 6.45) is 9.12. The second kappa shape index (κ2) is 7.98. The summed E-state index contributed by atoms with van der Waals surface area (Å²) in [5.74, 6) is 1.44. The largest absolute Gasteiger partial charge is 0.467 e. The number of fused-ring (bicyclic) bond motifs is 1. The SMILES string of the molecule is O=C(NCc1ccco1)c1noc2c1CC(NC(=O)C1CCCCC1)CC2. The summed E-state index contributed by atoms with van der Waals surface area (Å²) in [4.78, 5) is 25.0. The van der Waals surface area contributed by atoms with Crippen LogP contribution in [-0.2, 0) is 24.2 Å². The number of carbonyl (C=O) groups excluding carboxylic acids is 2. The van der Waals surface area contributed by atoms with E-state index in [-0.39, 0.29) is 23.8 Å². The van der Waals surface area contributed by atoms with Crippen LogP contribution < -0.4 is 10.6 Å². The Balaban J connectivity index is 1.37. The van der Waals surface area contributed by atoms with Crippen molar-refractivity contribution in [3.8, 4) is 0 Å². The highest BCUT2D eigenvalue weighted by Gasteiger charge is 2.31. The van der Waals surface area contributed by atoms with E-state index in [1.165, 1.54) is 6.42 Å². The Morgan fingerprint density at radius 3 is 2.81 bits per heavy atom. The standard InChI is InChI=1S/C20H25N3O4/c24-19(13-5-2-1-3-6-13)22-14-8-9-17-16(11-14)18(23-27-17)20(25)21-12-15-7-4-10-26-15/h4,7,10,13-14H,1-3,5-6,8-9,11-12H2,(H,21,25)(H,22,24). The molecule has 1 unspecified atom stereocenters. The first-order chi connectivity index (χ1) is 13.2. The van der Waals surface area contributed by atoms with Gasteiger partial charge in [0.25, 0.3) is 5.91 Å². The minimum absolute atomic E-state index is 0.0305. The molecule has 2 heterocycles. The Bertz CT molecular complexity index is 790. The number of aromatic nitrogens is 1. The Hall–Kier alpha value is -2.57. The number of rotatable bonds is 5. The molecule has 0 saturated heterocycles. The van der Waals surface area contributed by atoms with Gasteiger partial charge in [0.15, 0.2) is 5.69 Å². The molecule has 1 fully saturated rings. The van der Waals surface area contributed by atoms with Crippen molar-refractivity contribution in [3.05, 3.63) is 41.2 Å². The molecule has 7 heteroatoms. The fourth-order valence-corrected chi connectivity index (χ4v) is 4.05. The summed E-state index contributed by atoms with van der Waals surface area (Å²) < 4.78 is 10.6. The fraction of sp³-hybridized carbons (Fsp3) is 0.550. The van der Waals surface area contributed by atoms with Gasteiger partial charge in [0.05, 0.1) is 12.8 Å². The first kappa shape index (κ1) is 17.8. The maximum absolute atomic E-state index is 12.5. The number of nitrogens with zero attached hydrogens (tertiary/aromatic N) is 1. The third-order valence-electron chi connectivity index (χ3n) is 5.58. The summed E-state index contributed by atoms with van der Waals surface area (Å²) in [5.41, 5.74) is 1.13. The topological polar surface area (TPSA) is 97.4 Å². The highest BCUT2D eigenvalue weighted by molar-refractivity contribution is 5.93. The highest BCUT2D eigenvalue weighted by Crippen LogP contribution is 2.27. The molecular weight excluding hydrogens is 346 g/mol. The zero-order chi connectivity index (χ0) is 18.6. The molecule has 0 aromatic carbocycles. The molecule has 2 aliphatic rings. The van der Waals surface area contributed by atoms with Crippen LogP contribution in [0.4, 0.5) is 0 Å². The number of nitrogens with one attached hydrogen (secondary N) is 2. The zero-order valence-corrected chi connectivity index (χ0v) is 15.3. The lowest BCUT2D eigenvalue weighted by Gasteiger charge is -2.26. The van der Waals surface area contributed by atoms with E-state index in [0.29, 0.717) is 30.8 Å². The molecule has 2 aromatic heterocycles. The lowest BCUT2D eigenvalue weighted by atomic mass is 9.87. The molecule has 2 aromatic rings. The van der Waals surface area contributed by atoms with Crippen LogP contribution in [0, 0.1) is 5.92 Å². The molecule has 2 amide bonds. The van der Waals surface area contributed by atoms with Crippen molar-refractivity contribution < 1.29 is 18.5 Å². The average molecular weight is 371 g/mol. The molecule has 1 atom stereocenters.